The lowest BCUT2D eigenvalue weighted by Crippen LogP contribution is -1.90. The van der Waals surface area contributed by atoms with Crippen LogP contribution in [0.15, 0.2) is 90.0 Å². The summed E-state index contributed by atoms with van der Waals surface area (Å²) in [6.07, 6.45) is 2.87. The molecule has 1 heterocycles. The molecule has 3 aromatic carbocycles. The van der Waals surface area contributed by atoms with Gasteiger partial charge in [0.25, 0.3) is 0 Å². The van der Waals surface area contributed by atoms with E-state index in [1.54, 1.807) is 11.3 Å². The maximum atomic E-state index is 4.81. The summed E-state index contributed by atoms with van der Waals surface area (Å²) in [5.74, 6) is 0. The molecule has 0 fully saturated rings. The highest BCUT2D eigenvalue weighted by atomic mass is 32.1. The van der Waals surface area contributed by atoms with Gasteiger partial charge in [-0.05, 0) is 23.1 Å². The van der Waals surface area contributed by atoms with E-state index in [1.807, 2.05) is 30.5 Å². The molecule has 3 nitrogen and oxygen atoms in total. The second-order valence-corrected chi connectivity index (χ2v) is 7.39. The van der Waals surface area contributed by atoms with Crippen molar-refractivity contribution in [3.05, 3.63) is 96.1 Å². The molecule has 28 heavy (non-hydrogen) atoms. The maximum absolute atomic E-state index is 4.81. The maximum Gasteiger partial charge on any atom is 0.204 e. The van der Waals surface area contributed by atoms with Crippen molar-refractivity contribution in [2.75, 3.05) is 5.43 Å². The number of hydrazone groups is 1. The topological polar surface area (TPSA) is 37.3 Å². The number of nitrogens with zero attached hydrogens (tertiary/aromatic N) is 2. The van der Waals surface area contributed by atoms with Gasteiger partial charge in [-0.25, -0.2) is 4.98 Å². The molecule has 4 aromatic rings. The summed E-state index contributed by atoms with van der Waals surface area (Å²) < 4.78 is 0. The van der Waals surface area contributed by atoms with Gasteiger partial charge in [0, 0.05) is 5.56 Å². The van der Waals surface area contributed by atoms with Crippen molar-refractivity contribution in [3.8, 4) is 21.7 Å². The highest BCUT2D eigenvalue weighted by molar-refractivity contribution is 7.19. The number of thiazole rings is 1. The molecule has 0 aliphatic heterocycles. The highest BCUT2D eigenvalue weighted by Gasteiger charge is 2.14. The first-order valence-corrected chi connectivity index (χ1v) is 10.1. The predicted octanol–water partition coefficient (Wildman–Crippen LogP) is 6.49. The molecule has 0 aliphatic carbocycles. The Hall–Kier alpha value is -3.24. The molecule has 0 aliphatic rings. The van der Waals surface area contributed by atoms with Crippen LogP contribution in [0, 0.1) is 0 Å². The summed E-state index contributed by atoms with van der Waals surface area (Å²) in [6.45, 7) is 2.15. The van der Waals surface area contributed by atoms with Crippen LogP contribution in [-0.4, -0.2) is 11.2 Å². The minimum atomic E-state index is 0.777. The number of anilines is 1. The van der Waals surface area contributed by atoms with E-state index in [0.717, 1.165) is 38.8 Å². The Labute approximate surface area is 169 Å². The number of aromatic nitrogens is 1. The van der Waals surface area contributed by atoms with Crippen LogP contribution in [0.3, 0.4) is 0 Å². The molecule has 0 unspecified atom stereocenters. The van der Waals surface area contributed by atoms with Crippen LogP contribution >= 0.6 is 11.3 Å². The van der Waals surface area contributed by atoms with Gasteiger partial charge in [0.15, 0.2) is 0 Å². The summed E-state index contributed by atoms with van der Waals surface area (Å²) in [4.78, 5) is 5.94. The lowest BCUT2D eigenvalue weighted by atomic mass is 10.1. The van der Waals surface area contributed by atoms with Crippen molar-refractivity contribution < 1.29 is 0 Å². The zero-order chi connectivity index (χ0) is 19.2. The van der Waals surface area contributed by atoms with Gasteiger partial charge in [-0.3, -0.25) is 5.43 Å². The Morgan fingerprint density at radius 3 is 2.14 bits per heavy atom. The normalized spacial score (nSPS) is 11.0. The fourth-order valence-corrected chi connectivity index (χ4v) is 3.89. The van der Waals surface area contributed by atoms with E-state index in [-0.39, 0.29) is 0 Å². The molecule has 1 aromatic heterocycles. The Morgan fingerprint density at radius 1 is 0.857 bits per heavy atom. The molecule has 0 bridgehead atoms. The monoisotopic (exact) mass is 383 g/mol. The van der Waals surface area contributed by atoms with Crippen LogP contribution < -0.4 is 5.43 Å². The highest BCUT2D eigenvalue weighted by Crippen LogP contribution is 2.38. The van der Waals surface area contributed by atoms with Gasteiger partial charge >= 0.3 is 0 Å². The number of benzene rings is 3. The summed E-state index contributed by atoms with van der Waals surface area (Å²) in [7, 11) is 0. The summed E-state index contributed by atoms with van der Waals surface area (Å²) >= 11 is 1.61. The largest absolute Gasteiger partial charge is 0.253 e. The van der Waals surface area contributed by atoms with Gasteiger partial charge in [-0.2, -0.15) is 5.10 Å². The van der Waals surface area contributed by atoms with Gasteiger partial charge in [0.05, 0.1) is 16.8 Å². The molecule has 4 rings (SSSR count). The van der Waals surface area contributed by atoms with Crippen LogP contribution in [0.1, 0.15) is 18.1 Å². The lowest BCUT2D eigenvalue weighted by Gasteiger charge is -2.02. The average Bonchev–Trinajstić information content (AvgIpc) is 3.20. The minimum absolute atomic E-state index is 0.777. The minimum Gasteiger partial charge on any atom is -0.253 e. The molecular formula is C24H21N3S. The van der Waals surface area contributed by atoms with E-state index < -0.39 is 0 Å². The fourth-order valence-electron chi connectivity index (χ4n) is 2.95. The third-order valence-corrected chi connectivity index (χ3v) is 5.48. The van der Waals surface area contributed by atoms with E-state index in [4.69, 9.17) is 4.98 Å². The Balaban J connectivity index is 1.61. The third kappa shape index (κ3) is 4.18. The van der Waals surface area contributed by atoms with E-state index >= 15 is 0 Å². The van der Waals surface area contributed by atoms with Gasteiger partial charge in [0.1, 0.15) is 0 Å². The molecule has 4 heteroatoms. The molecule has 0 radical (unpaired) electrons. The SMILES string of the molecule is CCc1ccc(/C=N/Nc2nc(-c3ccccc3)c(-c3ccccc3)s2)cc1. The number of hydrogen-bond donors (Lipinski definition) is 1. The van der Waals surface area contributed by atoms with Crippen molar-refractivity contribution in [1.29, 1.82) is 0 Å². The third-order valence-electron chi connectivity index (χ3n) is 4.47. The zero-order valence-electron chi connectivity index (χ0n) is 15.7. The Morgan fingerprint density at radius 2 is 1.50 bits per heavy atom. The van der Waals surface area contributed by atoms with Gasteiger partial charge < -0.3 is 0 Å². The Bertz CT molecular complexity index is 995. The van der Waals surface area contributed by atoms with Gasteiger partial charge in [-0.15, -0.1) is 0 Å². The first kappa shape index (κ1) is 18.1. The molecule has 138 valence electrons. The summed E-state index contributed by atoms with van der Waals surface area (Å²) in [5, 5.41) is 5.16. The number of rotatable bonds is 6. The van der Waals surface area contributed by atoms with Crippen molar-refractivity contribution in [2.24, 2.45) is 5.10 Å². The van der Waals surface area contributed by atoms with E-state index in [0.29, 0.717) is 0 Å². The van der Waals surface area contributed by atoms with Crippen LogP contribution in [0.25, 0.3) is 21.7 Å². The number of hydrogen-bond acceptors (Lipinski definition) is 4. The number of nitrogens with one attached hydrogen (secondary N) is 1. The number of aryl methyl sites for hydroxylation is 1. The zero-order valence-corrected chi connectivity index (χ0v) is 16.5. The van der Waals surface area contributed by atoms with Crippen LogP contribution in [0.2, 0.25) is 0 Å². The quantitative estimate of drug-likeness (QED) is 0.305. The van der Waals surface area contributed by atoms with E-state index in [2.05, 4.69) is 78.1 Å². The van der Waals surface area contributed by atoms with Crippen molar-refractivity contribution in [1.82, 2.24) is 4.98 Å². The fraction of sp³-hybridized carbons (Fsp3) is 0.0833. The Kier molecular flexibility index (Phi) is 5.59. The molecule has 0 amide bonds. The lowest BCUT2D eigenvalue weighted by molar-refractivity contribution is 1.14. The standard InChI is InChI=1S/C24H21N3S/c1-2-18-13-15-19(16-14-18)17-25-27-24-26-22(20-9-5-3-6-10-20)23(28-24)21-11-7-4-8-12-21/h3-17H,2H2,1H3,(H,26,27)/b25-17+. The van der Waals surface area contributed by atoms with Crippen LogP contribution in [-0.2, 0) is 6.42 Å². The van der Waals surface area contributed by atoms with Crippen molar-refractivity contribution in [3.63, 3.8) is 0 Å². The van der Waals surface area contributed by atoms with E-state index in [9.17, 15) is 0 Å². The second-order valence-electron chi connectivity index (χ2n) is 6.39. The smallest absolute Gasteiger partial charge is 0.204 e. The predicted molar refractivity (Wildman–Crippen MR) is 120 cm³/mol. The van der Waals surface area contributed by atoms with Crippen molar-refractivity contribution in [2.45, 2.75) is 13.3 Å². The van der Waals surface area contributed by atoms with E-state index in [1.165, 1.54) is 5.56 Å². The summed E-state index contributed by atoms with van der Waals surface area (Å²) in [6, 6.07) is 29.0. The van der Waals surface area contributed by atoms with Crippen LogP contribution in [0.5, 0.6) is 0 Å². The first-order valence-electron chi connectivity index (χ1n) is 9.33. The average molecular weight is 384 g/mol. The van der Waals surface area contributed by atoms with Crippen LogP contribution in [0.4, 0.5) is 5.13 Å². The molecule has 0 atom stereocenters. The summed E-state index contributed by atoms with van der Waals surface area (Å²) in [5.41, 5.74) is 8.72. The van der Waals surface area contributed by atoms with Gasteiger partial charge in [0.2, 0.25) is 5.13 Å². The van der Waals surface area contributed by atoms with Crippen molar-refractivity contribution >= 4 is 22.7 Å². The molecule has 0 spiro atoms. The second kappa shape index (κ2) is 8.63. The molecule has 0 saturated heterocycles. The molecule has 0 saturated carbocycles. The first-order chi connectivity index (χ1) is 13.8. The molecular weight excluding hydrogens is 362 g/mol. The molecule has 1 N–H and O–H groups in total. The van der Waals surface area contributed by atoms with Gasteiger partial charge in [-0.1, -0.05) is 103 Å².